The van der Waals surface area contributed by atoms with Crippen LogP contribution in [0.2, 0.25) is 0 Å². The first-order valence-electron chi connectivity index (χ1n) is 1.12. The van der Waals surface area contributed by atoms with Crippen molar-refractivity contribution in [2.24, 2.45) is 0 Å². The average molecular weight is 59.1 g/mol. The molecule has 0 aliphatic carbocycles. The van der Waals surface area contributed by atoms with Crippen molar-refractivity contribution in [2.75, 3.05) is 14.1 Å². The van der Waals surface area contributed by atoms with E-state index in [0.29, 0.717) is 0 Å². The van der Waals surface area contributed by atoms with Gasteiger partial charge in [-0.2, -0.15) is 5.84 Å². The van der Waals surface area contributed by atoms with E-state index in [0.717, 1.165) is 0 Å². The molecule has 1 N–H and O–H groups in total. The van der Waals surface area contributed by atoms with E-state index in [4.69, 9.17) is 5.84 Å². The van der Waals surface area contributed by atoms with Gasteiger partial charge >= 0.3 is 0 Å². The molecule has 0 saturated carbocycles. The van der Waals surface area contributed by atoms with E-state index in [-0.39, 0.29) is 0 Å². The highest BCUT2D eigenvalue weighted by Gasteiger charge is 1.59. The zero-order chi connectivity index (χ0) is 3.58. The van der Waals surface area contributed by atoms with Crippen LogP contribution in [0.1, 0.15) is 0 Å². The van der Waals surface area contributed by atoms with Gasteiger partial charge in [-0.05, 0) is 0 Å². The van der Waals surface area contributed by atoms with Gasteiger partial charge in [0.05, 0.1) is 0 Å². The normalized spacial score (nSPS) is 9.00. The zero-order valence-electron chi connectivity index (χ0n) is 2.95. The SMILES string of the molecule is CN(C)[NH]. The first kappa shape index (κ1) is 3.92. The standard InChI is InChI=1S/C2H7N2/c1-4(2)3/h3H,1-2H3. The Labute approximate surface area is 26.2 Å². The van der Waals surface area contributed by atoms with Gasteiger partial charge in [-0.1, -0.05) is 0 Å². The molecule has 0 unspecified atom stereocenters. The molecule has 0 amide bonds. The van der Waals surface area contributed by atoms with Crippen LogP contribution in [0.3, 0.4) is 0 Å². The molecule has 0 aliphatic heterocycles. The second-order valence-corrected chi connectivity index (χ2v) is 0.894. The van der Waals surface area contributed by atoms with E-state index in [1.54, 1.807) is 14.1 Å². The Morgan fingerprint density at radius 2 is 1.50 bits per heavy atom. The molecule has 0 saturated heterocycles. The summed E-state index contributed by atoms with van der Waals surface area (Å²) in [6, 6.07) is 0. The highest BCUT2D eigenvalue weighted by atomic mass is 15.4. The predicted octanol–water partition coefficient (Wildman–Crippen LogP) is -0.254. The monoisotopic (exact) mass is 59.1 g/mol. The topological polar surface area (TPSA) is 27.0 Å². The summed E-state index contributed by atoms with van der Waals surface area (Å²) in [5.41, 5.74) is 0. The molecular formula is C2H7N2. The molecule has 4 heavy (non-hydrogen) atoms. The summed E-state index contributed by atoms with van der Waals surface area (Å²) in [5.74, 6) is 6.42. The highest BCUT2D eigenvalue weighted by molar-refractivity contribution is 3.99. The van der Waals surface area contributed by atoms with Crippen LogP contribution in [0, 0.1) is 0 Å². The van der Waals surface area contributed by atoms with Crippen LogP contribution in [0.5, 0.6) is 0 Å². The van der Waals surface area contributed by atoms with Crippen LogP contribution in [0.15, 0.2) is 0 Å². The van der Waals surface area contributed by atoms with Gasteiger partial charge in [0, 0.05) is 14.1 Å². The Hall–Kier alpha value is -0.0800. The van der Waals surface area contributed by atoms with Crippen LogP contribution >= 0.6 is 0 Å². The molecule has 25 valence electrons. The molecule has 0 atom stereocenters. The van der Waals surface area contributed by atoms with Crippen LogP contribution in [-0.4, -0.2) is 19.1 Å². The van der Waals surface area contributed by atoms with Gasteiger partial charge in [-0.25, -0.2) is 5.01 Å². The van der Waals surface area contributed by atoms with Crippen molar-refractivity contribution in [1.82, 2.24) is 10.9 Å². The Kier molecular flexibility index (Phi) is 1.24. The first-order chi connectivity index (χ1) is 1.73. The average Bonchev–Trinajstić information content (AvgIpc) is 0.811. The van der Waals surface area contributed by atoms with Crippen molar-refractivity contribution in [2.45, 2.75) is 0 Å². The van der Waals surface area contributed by atoms with Gasteiger partial charge < -0.3 is 0 Å². The van der Waals surface area contributed by atoms with E-state index in [9.17, 15) is 0 Å². The lowest BCUT2D eigenvalue weighted by atomic mass is 11.2. The summed E-state index contributed by atoms with van der Waals surface area (Å²) in [6.45, 7) is 0. The van der Waals surface area contributed by atoms with Crippen molar-refractivity contribution in [1.29, 1.82) is 0 Å². The quantitative estimate of drug-likeness (QED) is 0.353. The van der Waals surface area contributed by atoms with Gasteiger partial charge in [0.1, 0.15) is 0 Å². The summed E-state index contributed by atoms with van der Waals surface area (Å²) < 4.78 is 0. The molecule has 0 spiro atoms. The molecular weight excluding hydrogens is 52.0 g/mol. The highest BCUT2D eigenvalue weighted by Crippen LogP contribution is 1.43. The minimum atomic E-state index is 1.25. The lowest BCUT2D eigenvalue weighted by Gasteiger charge is -1.88. The molecule has 0 heterocycles. The van der Waals surface area contributed by atoms with Crippen molar-refractivity contribution < 1.29 is 0 Å². The summed E-state index contributed by atoms with van der Waals surface area (Å²) in [7, 11) is 3.33. The summed E-state index contributed by atoms with van der Waals surface area (Å²) in [4.78, 5) is 0. The van der Waals surface area contributed by atoms with Gasteiger partial charge in [0.15, 0.2) is 0 Å². The molecule has 0 aromatic rings. The van der Waals surface area contributed by atoms with Crippen LogP contribution < -0.4 is 5.84 Å². The van der Waals surface area contributed by atoms with Crippen LogP contribution in [0.4, 0.5) is 0 Å². The fourth-order valence-corrected chi connectivity index (χ4v) is 0. The Bertz CT molecular complexity index is 8.75. The molecule has 2 nitrogen and oxygen atoms in total. The minimum Gasteiger partial charge on any atom is -0.236 e. The van der Waals surface area contributed by atoms with E-state index >= 15 is 0 Å². The van der Waals surface area contributed by atoms with E-state index < -0.39 is 0 Å². The van der Waals surface area contributed by atoms with E-state index in [1.807, 2.05) is 0 Å². The maximum absolute atomic E-state index is 6.42. The summed E-state index contributed by atoms with van der Waals surface area (Å²) >= 11 is 0. The summed E-state index contributed by atoms with van der Waals surface area (Å²) in [5, 5.41) is 1.25. The van der Waals surface area contributed by atoms with Crippen molar-refractivity contribution in [3.8, 4) is 0 Å². The number of hydrogen-bond donors (Lipinski definition) is 0. The second-order valence-electron chi connectivity index (χ2n) is 0.894. The Morgan fingerprint density at radius 3 is 1.50 bits per heavy atom. The molecule has 0 aromatic heterocycles. The largest absolute Gasteiger partial charge is 0.236 e. The van der Waals surface area contributed by atoms with Gasteiger partial charge in [0.2, 0.25) is 0 Å². The van der Waals surface area contributed by atoms with Crippen molar-refractivity contribution >= 4 is 0 Å². The van der Waals surface area contributed by atoms with Gasteiger partial charge in [-0.3, -0.25) is 0 Å². The molecule has 0 rings (SSSR count). The van der Waals surface area contributed by atoms with Crippen LogP contribution in [-0.2, 0) is 0 Å². The molecule has 1 radical (unpaired) electrons. The van der Waals surface area contributed by atoms with Crippen molar-refractivity contribution in [3.05, 3.63) is 0 Å². The van der Waals surface area contributed by atoms with Gasteiger partial charge in [0.25, 0.3) is 0 Å². The Balaban J connectivity index is 2.32. The molecule has 0 fully saturated rings. The zero-order valence-corrected chi connectivity index (χ0v) is 2.95. The van der Waals surface area contributed by atoms with E-state index in [2.05, 4.69) is 0 Å². The number of hydrogen-bond acceptors (Lipinski definition) is 1. The Morgan fingerprint density at radius 1 is 1.50 bits per heavy atom. The smallest absolute Gasteiger partial charge is 0.00267 e. The second kappa shape index (κ2) is 1.26. The van der Waals surface area contributed by atoms with Crippen LogP contribution in [0.25, 0.3) is 0 Å². The number of nitrogens with zero attached hydrogens (tertiary/aromatic N) is 1. The molecule has 2 heteroatoms. The third kappa shape index (κ3) is 254. The lowest BCUT2D eigenvalue weighted by Crippen LogP contribution is -2.04. The van der Waals surface area contributed by atoms with E-state index in [1.165, 1.54) is 5.01 Å². The number of nitrogens with one attached hydrogen (secondary N) is 1. The fraction of sp³-hybridized carbons (Fsp3) is 1.00. The fourth-order valence-electron chi connectivity index (χ4n) is 0. The third-order valence-electron chi connectivity index (χ3n) is 0. The minimum absolute atomic E-state index is 1.25. The molecule has 0 aliphatic rings. The molecule has 0 bridgehead atoms. The van der Waals surface area contributed by atoms with Gasteiger partial charge in [-0.15, -0.1) is 0 Å². The van der Waals surface area contributed by atoms with Crippen molar-refractivity contribution in [3.63, 3.8) is 0 Å². The maximum Gasteiger partial charge on any atom is 0.00267 e. The first-order valence-corrected chi connectivity index (χ1v) is 1.12. The third-order valence-corrected chi connectivity index (χ3v) is 0. The summed E-state index contributed by atoms with van der Waals surface area (Å²) in [6.07, 6.45) is 0. The molecule has 0 aromatic carbocycles. The number of rotatable bonds is 0. The lowest BCUT2D eigenvalue weighted by molar-refractivity contribution is 0.408. The predicted molar refractivity (Wildman–Crippen MR) is 16.8 cm³/mol. The maximum atomic E-state index is 6.42.